The van der Waals surface area contributed by atoms with E-state index in [1.54, 1.807) is 30.5 Å². The second kappa shape index (κ2) is 7.74. The van der Waals surface area contributed by atoms with Gasteiger partial charge in [0.05, 0.1) is 18.4 Å². The fourth-order valence-electron chi connectivity index (χ4n) is 1.68. The fraction of sp³-hybridized carbons (Fsp3) is 0.133. The van der Waals surface area contributed by atoms with E-state index in [4.69, 9.17) is 4.74 Å². The van der Waals surface area contributed by atoms with Crippen molar-refractivity contribution in [2.75, 3.05) is 6.61 Å². The maximum atomic E-state index is 11.8. The molecule has 0 aliphatic heterocycles. The molecule has 0 unspecified atom stereocenters. The van der Waals surface area contributed by atoms with Gasteiger partial charge < -0.3 is 9.84 Å². The summed E-state index contributed by atoms with van der Waals surface area (Å²) in [5, 5.41) is 13.9. The first-order valence-corrected chi connectivity index (χ1v) is 7.58. The van der Waals surface area contributed by atoms with Crippen LogP contribution in [0.1, 0.15) is 22.8 Å². The summed E-state index contributed by atoms with van der Waals surface area (Å²) in [6.07, 6.45) is 4.40. The molecule has 7 heteroatoms. The van der Waals surface area contributed by atoms with Crippen molar-refractivity contribution in [2.24, 2.45) is 5.10 Å². The van der Waals surface area contributed by atoms with E-state index >= 15 is 0 Å². The van der Waals surface area contributed by atoms with Crippen molar-refractivity contribution < 1.29 is 14.6 Å². The SMILES string of the molecule is CCOc1cc(I)cc(/C=N\NC(=O)c2cccnc2)c1O. The highest BCUT2D eigenvalue weighted by Gasteiger charge is 2.09. The van der Waals surface area contributed by atoms with Gasteiger partial charge in [-0.25, -0.2) is 5.43 Å². The number of phenolic OH excluding ortho intramolecular Hbond substituents is 1. The number of hydrogen-bond donors (Lipinski definition) is 2. The average molecular weight is 411 g/mol. The zero-order valence-corrected chi connectivity index (χ0v) is 13.9. The van der Waals surface area contributed by atoms with Gasteiger partial charge in [0.15, 0.2) is 11.5 Å². The second-order valence-corrected chi connectivity index (χ2v) is 5.46. The largest absolute Gasteiger partial charge is 0.504 e. The zero-order chi connectivity index (χ0) is 15.9. The molecule has 6 nitrogen and oxygen atoms in total. The van der Waals surface area contributed by atoms with Crippen LogP contribution >= 0.6 is 22.6 Å². The highest BCUT2D eigenvalue weighted by Crippen LogP contribution is 2.31. The summed E-state index contributed by atoms with van der Waals surface area (Å²) >= 11 is 2.11. The number of carbonyl (C=O) groups excluding carboxylic acids is 1. The highest BCUT2D eigenvalue weighted by molar-refractivity contribution is 14.1. The standard InChI is InChI=1S/C15H14IN3O3/c1-2-22-13-7-12(16)6-11(14(13)20)9-18-19-15(21)10-4-3-5-17-8-10/h3-9,20H,2H2,1H3,(H,19,21)/b18-9-. The predicted octanol–water partition coefficient (Wildman–Crippen LogP) is 2.55. The third kappa shape index (κ3) is 4.17. The molecule has 0 saturated heterocycles. The van der Waals surface area contributed by atoms with E-state index in [-0.39, 0.29) is 11.7 Å². The first-order valence-electron chi connectivity index (χ1n) is 6.50. The summed E-state index contributed by atoms with van der Waals surface area (Å²) in [5.41, 5.74) is 3.25. The molecule has 0 bridgehead atoms. The number of pyridine rings is 1. The number of rotatable bonds is 5. The summed E-state index contributed by atoms with van der Waals surface area (Å²) in [6.45, 7) is 2.28. The molecule has 0 saturated carbocycles. The number of halogens is 1. The quantitative estimate of drug-likeness (QED) is 0.450. The lowest BCUT2D eigenvalue weighted by Gasteiger charge is -2.08. The van der Waals surface area contributed by atoms with Crippen molar-refractivity contribution in [1.82, 2.24) is 10.4 Å². The Morgan fingerprint density at radius 2 is 2.36 bits per heavy atom. The molecule has 2 N–H and O–H groups in total. The lowest BCUT2D eigenvalue weighted by atomic mass is 10.2. The molecule has 0 fully saturated rings. The number of ether oxygens (including phenoxy) is 1. The van der Waals surface area contributed by atoms with E-state index in [9.17, 15) is 9.90 Å². The number of phenols is 1. The van der Waals surface area contributed by atoms with Gasteiger partial charge in [-0.2, -0.15) is 5.10 Å². The predicted molar refractivity (Wildman–Crippen MR) is 91.3 cm³/mol. The van der Waals surface area contributed by atoms with Crippen molar-refractivity contribution in [3.63, 3.8) is 0 Å². The normalized spacial score (nSPS) is 10.6. The van der Waals surface area contributed by atoms with Crippen LogP contribution in [-0.2, 0) is 0 Å². The zero-order valence-electron chi connectivity index (χ0n) is 11.8. The van der Waals surface area contributed by atoms with Crippen LogP contribution < -0.4 is 10.2 Å². The molecule has 0 spiro atoms. The van der Waals surface area contributed by atoms with Gasteiger partial charge in [0.25, 0.3) is 5.91 Å². The van der Waals surface area contributed by atoms with Gasteiger partial charge >= 0.3 is 0 Å². The Labute approximate surface area is 141 Å². The van der Waals surface area contributed by atoms with E-state index in [0.717, 1.165) is 3.57 Å². The lowest BCUT2D eigenvalue weighted by Crippen LogP contribution is -2.17. The minimum atomic E-state index is -0.375. The lowest BCUT2D eigenvalue weighted by molar-refractivity contribution is 0.0954. The van der Waals surface area contributed by atoms with Gasteiger partial charge in [0.2, 0.25) is 0 Å². The van der Waals surface area contributed by atoms with E-state index < -0.39 is 0 Å². The van der Waals surface area contributed by atoms with Crippen molar-refractivity contribution in [1.29, 1.82) is 0 Å². The van der Waals surface area contributed by atoms with Gasteiger partial charge in [-0.1, -0.05) is 0 Å². The molecule has 0 aliphatic carbocycles. The van der Waals surface area contributed by atoms with E-state index in [0.29, 0.717) is 23.5 Å². The van der Waals surface area contributed by atoms with Crippen molar-refractivity contribution >= 4 is 34.7 Å². The van der Waals surface area contributed by atoms with E-state index in [2.05, 4.69) is 38.1 Å². The van der Waals surface area contributed by atoms with E-state index in [1.165, 1.54) is 12.4 Å². The smallest absolute Gasteiger partial charge is 0.272 e. The third-order valence-corrected chi connectivity index (χ3v) is 3.29. The molecular weight excluding hydrogens is 397 g/mol. The maximum absolute atomic E-state index is 11.8. The van der Waals surface area contributed by atoms with Gasteiger partial charge in [-0.15, -0.1) is 0 Å². The molecule has 114 valence electrons. The number of amides is 1. The Balaban J connectivity index is 2.12. The Kier molecular flexibility index (Phi) is 5.70. The highest BCUT2D eigenvalue weighted by atomic mass is 127. The van der Waals surface area contributed by atoms with Crippen molar-refractivity contribution in [3.8, 4) is 11.5 Å². The molecule has 22 heavy (non-hydrogen) atoms. The minimum Gasteiger partial charge on any atom is -0.504 e. The van der Waals surface area contributed by atoms with Crippen molar-refractivity contribution in [2.45, 2.75) is 6.92 Å². The van der Waals surface area contributed by atoms with Crippen LogP contribution in [-0.4, -0.2) is 28.8 Å². The number of nitrogens with one attached hydrogen (secondary N) is 1. The summed E-state index contributed by atoms with van der Waals surface area (Å²) in [7, 11) is 0. The Bertz CT molecular complexity index is 690. The maximum Gasteiger partial charge on any atom is 0.272 e. The first kappa shape index (κ1) is 16.2. The van der Waals surface area contributed by atoms with Gasteiger partial charge in [0, 0.05) is 21.5 Å². The number of hydrazone groups is 1. The van der Waals surface area contributed by atoms with E-state index in [1.807, 2.05) is 6.92 Å². The van der Waals surface area contributed by atoms with Crippen LogP contribution in [0.15, 0.2) is 41.8 Å². The Morgan fingerprint density at radius 3 is 3.05 bits per heavy atom. The van der Waals surface area contributed by atoms with Crippen molar-refractivity contribution in [3.05, 3.63) is 51.4 Å². The first-order chi connectivity index (χ1) is 10.6. The van der Waals surface area contributed by atoms with Crippen LogP contribution in [0.4, 0.5) is 0 Å². The van der Waals surface area contributed by atoms with Gasteiger partial charge in [-0.05, 0) is 53.8 Å². The molecule has 1 aromatic carbocycles. The minimum absolute atomic E-state index is 0.0124. The van der Waals surface area contributed by atoms with Crippen LogP contribution in [0.25, 0.3) is 0 Å². The summed E-state index contributed by atoms with van der Waals surface area (Å²) in [5.74, 6) is -0.00409. The molecular formula is C15H14IN3O3. The molecule has 0 radical (unpaired) electrons. The molecule has 1 amide bonds. The number of carbonyl (C=O) groups is 1. The Hall–Kier alpha value is -2.16. The molecule has 0 atom stereocenters. The summed E-state index contributed by atoms with van der Waals surface area (Å²) in [6, 6.07) is 6.76. The molecule has 0 aliphatic rings. The molecule has 1 aromatic heterocycles. The third-order valence-electron chi connectivity index (χ3n) is 2.66. The molecule has 2 rings (SSSR count). The Morgan fingerprint density at radius 1 is 1.55 bits per heavy atom. The number of aromatic hydroxyl groups is 1. The topological polar surface area (TPSA) is 83.8 Å². The van der Waals surface area contributed by atoms with Gasteiger partial charge in [-0.3, -0.25) is 9.78 Å². The van der Waals surface area contributed by atoms with Crippen LogP contribution in [0, 0.1) is 3.57 Å². The number of benzene rings is 1. The van der Waals surface area contributed by atoms with Crippen LogP contribution in [0.5, 0.6) is 11.5 Å². The number of hydrogen-bond acceptors (Lipinski definition) is 5. The van der Waals surface area contributed by atoms with Gasteiger partial charge in [0.1, 0.15) is 0 Å². The average Bonchev–Trinajstić information content (AvgIpc) is 2.52. The van der Waals surface area contributed by atoms with Crippen LogP contribution in [0.3, 0.4) is 0 Å². The number of aromatic nitrogens is 1. The monoisotopic (exact) mass is 411 g/mol. The molecule has 2 aromatic rings. The fourth-order valence-corrected chi connectivity index (χ4v) is 2.30. The molecule has 1 heterocycles. The number of nitrogens with zero attached hydrogens (tertiary/aromatic N) is 2. The van der Waals surface area contributed by atoms with Crippen LogP contribution in [0.2, 0.25) is 0 Å². The summed E-state index contributed by atoms with van der Waals surface area (Å²) in [4.78, 5) is 15.7. The summed E-state index contributed by atoms with van der Waals surface area (Å²) < 4.78 is 6.23. The second-order valence-electron chi connectivity index (χ2n) is 4.22.